The van der Waals surface area contributed by atoms with Gasteiger partial charge in [-0.15, -0.1) is 5.10 Å². The van der Waals surface area contributed by atoms with Crippen LogP contribution >= 0.6 is 0 Å². The summed E-state index contributed by atoms with van der Waals surface area (Å²) in [4.78, 5) is 29.7. The molecule has 0 aliphatic carbocycles. The second-order valence-electron chi connectivity index (χ2n) is 8.00. The molecule has 1 aromatic carbocycles. The second kappa shape index (κ2) is 8.86. The first-order valence-corrected chi connectivity index (χ1v) is 10.7. The molecule has 0 saturated carbocycles. The Labute approximate surface area is 186 Å². The van der Waals surface area contributed by atoms with Gasteiger partial charge in [0, 0.05) is 43.6 Å². The molecular weight excluding hydrogens is 408 g/mol. The number of aryl methyl sites for hydroxylation is 2. The highest BCUT2D eigenvalue weighted by molar-refractivity contribution is 5.80. The molecule has 1 aliphatic heterocycles. The Balaban J connectivity index is 1.46. The summed E-state index contributed by atoms with van der Waals surface area (Å²) in [7, 11) is 1.65. The molecule has 32 heavy (non-hydrogen) atoms. The number of hydrogen-bond acceptors (Lipinski definition) is 6. The maximum Gasteiger partial charge on any atom is 0.267 e. The summed E-state index contributed by atoms with van der Waals surface area (Å²) in [6.07, 6.45) is 0. The second-order valence-corrected chi connectivity index (χ2v) is 8.00. The first-order valence-electron chi connectivity index (χ1n) is 10.7. The van der Waals surface area contributed by atoms with E-state index in [1.165, 1.54) is 10.7 Å². The minimum Gasteiger partial charge on any atom is -0.497 e. The van der Waals surface area contributed by atoms with Gasteiger partial charge in [0.05, 0.1) is 12.8 Å². The smallest absolute Gasteiger partial charge is 0.267 e. The van der Waals surface area contributed by atoms with Gasteiger partial charge in [-0.05, 0) is 57.2 Å². The molecular formula is C23H28N6O3. The number of amides is 1. The summed E-state index contributed by atoms with van der Waals surface area (Å²) in [5.74, 6) is 1.22. The minimum absolute atomic E-state index is 0.112. The Morgan fingerprint density at radius 2 is 1.69 bits per heavy atom. The summed E-state index contributed by atoms with van der Waals surface area (Å²) in [6.45, 7) is 8.16. The van der Waals surface area contributed by atoms with E-state index in [-0.39, 0.29) is 11.5 Å². The molecule has 4 rings (SSSR count). The van der Waals surface area contributed by atoms with E-state index in [1.807, 2.05) is 44.2 Å². The lowest BCUT2D eigenvalue weighted by atomic mass is 10.2. The number of carbonyl (C=O) groups is 1. The molecule has 1 aliphatic rings. The van der Waals surface area contributed by atoms with Crippen molar-refractivity contribution in [1.29, 1.82) is 0 Å². The van der Waals surface area contributed by atoms with Crippen LogP contribution in [0, 0.1) is 13.8 Å². The predicted molar refractivity (Wildman–Crippen MR) is 122 cm³/mol. The fourth-order valence-corrected chi connectivity index (χ4v) is 4.01. The van der Waals surface area contributed by atoms with Crippen LogP contribution in [0.15, 0.2) is 47.3 Å². The number of piperazine rings is 1. The molecule has 0 N–H and O–H groups in total. The van der Waals surface area contributed by atoms with Crippen LogP contribution in [0.25, 0.3) is 5.82 Å². The van der Waals surface area contributed by atoms with E-state index in [9.17, 15) is 9.59 Å². The van der Waals surface area contributed by atoms with E-state index in [0.717, 1.165) is 35.9 Å². The fraction of sp³-hybridized carbons (Fsp3) is 0.391. The van der Waals surface area contributed by atoms with Crippen LogP contribution in [0.1, 0.15) is 24.4 Å². The zero-order valence-electron chi connectivity index (χ0n) is 18.9. The van der Waals surface area contributed by atoms with Crippen molar-refractivity contribution in [2.45, 2.75) is 26.8 Å². The summed E-state index contributed by atoms with van der Waals surface area (Å²) in [5.41, 5.74) is 2.56. The molecule has 0 bridgehead atoms. The quantitative estimate of drug-likeness (QED) is 0.608. The summed E-state index contributed by atoms with van der Waals surface area (Å²) in [5, 5.41) is 8.87. The number of carbonyl (C=O) groups excluding carboxylic acids is 1. The van der Waals surface area contributed by atoms with Crippen molar-refractivity contribution in [3.63, 3.8) is 0 Å². The van der Waals surface area contributed by atoms with E-state index in [1.54, 1.807) is 29.7 Å². The minimum atomic E-state index is -0.702. The molecule has 9 heteroatoms. The Hall–Kier alpha value is -3.62. The first-order chi connectivity index (χ1) is 15.4. The number of ether oxygens (including phenoxy) is 1. The predicted octanol–water partition coefficient (Wildman–Crippen LogP) is 1.96. The van der Waals surface area contributed by atoms with Gasteiger partial charge in [0.15, 0.2) is 5.82 Å². The molecule has 1 fully saturated rings. The SMILES string of the molecule is COc1ccc(N2CCN(C(=O)C(C)n3nc(-n4nc(C)cc4C)ccc3=O)CC2)cc1. The summed E-state index contributed by atoms with van der Waals surface area (Å²) < 4.78 is 8.15. The standard InChI is InChI=1S/C23H28N6O3/c1-16-15-17(2)28(24-16)21-9-10-22(30)29(25-21)18(3)23(31)27-13-11-26(12-14-27)19-5-7-20(32-4)8-6-19/h5-10,15,18H,11-14H2,1-4H3. The monoisotopic (exact) mass is 436 g/mol. The number of hydrogen-bond donors (Lipinski definition) is 0. The molecule has 3 aromatic rings. The molecule has 168 valence electrons. The van der Waals surface area contributed by atoms with Crippen LogP contribution in [-0.4, -0.2) is 63.7 Å². The van der Waals surface area contributed by atoms with Crippen molar-refractivity contribution in [3.8, 4) is 11.6 Å². The largest absolute Gasteiger partial charge is 0.497 e. The van der Waals surface area contributed by atoms with Crippen LogP contribution in [0.2, 0.25) is 0 Å². The molecule has 9 nitrogen and oxygen atoms in total. The van der Waals surface area contributed by atoms with Gasteiger partial charge in [0.2, 0.25) is 5.91 Å². The third-order valence-electron chi connectivity index (χ3n) is 5.79. The third kappa shape index (κ3) is 4.23. The number of rotatable bonds is 5. The van der Waals surface area contributed by atoms with E-state index < -0.39 is 6.04 Å². The molecule has 1 atom stereocenters. The normalized spacial score (nSPS) is 15.0. The van der Waals surface area contributed by atoms with Crippen LogP contribution in [0.3, 0.4) is 0 Å². The maximum absolute atomic E-state index is 13.2. The van der Waals surface area contributed by atoms with Crippen LogP contribution in [-0.2, 0) is 4.79 Å². The van der Waals surface area contributed by atoms with Crippen LogP contribution in [0.4, 0.5) is 5.69 Å². The number of aromatic nitrogens is 4. The van der Waals surface area contributed by atoms with E-state index in [0.29, 0.717) is 18.9 Å². The van der Waals surface area contributed by atoms with Gasteiger partial charge in [0.25, 0.3) is 5.56 Å². The van der Waals surface area contributed by atoms with Crippen molar-refractivity contribution < 1.29 is 9.53 Å². The van der Waals surface area contributed by atoms with Crippen LogP contribution in [0.5, 0.6) is 5.75 Å². The molecule has 3 heterocycles. The number of nitrogens with zero attached hydrogens (tertiary/aromatic N) is 6. The average molecular weight is 437 g/mol. The van der Waals surface area contributed by atoms with Gasteiger partial charge >= 0.3 is 0 Å². The van der Waals surface area contributed by atoms with E-state index in [2.05, 4.69) is 15.1 Å². The van der Waals surface area contributed by atoms with Gasteiger partial charge in [-0.3, -0.25) is 9.59 Å². The van der Waals surface area contributed by atoms with Crippen molar-refractivity contribution in [3.05, 3.63) is 64.2 Å². The van der Waals surface area contributed by atoms with Crippen molar-refractivity contribution in [2.75, 3.05) is 38.2 Å². The van der Waals surface area contributed by atoms with E-state index in [4.69, 9.17) is 4.74 Å². The van der Waals surface area contributed by atoms with Gasteiger partial charge < -0.3 is 14.5 Å². The topological polar surface area (TPSA) is 85.5 Å². The molecule has 1 unspecified atom stereocenters. The highest BCUT2D eigenvalue weighted by Gasteiger charge is 2.27. The lowest BCUT2D eigenvalue weighted by molar-refractivity contribution is -0.135. The lowest BCUT2D eigenvalue weighted by Crippen LogP contribution is -2.51. The Morgan fingerprint density at radius 1 is 1.00 bits per heavy atom. The van der Waals surface area contributed by atoms with Crippen LogP contribution < -0.4 is 15.2 Å². The maximum atomic E-state index is 13.2. The summed E-state index contributed by atoms with van der Waals surface area (Å²) in [6, 6.07) is 12.2. The molecule has 1 saturated heterocycles. The molecule has 1 amide bonds. The zero-order chi connectivity index (χ0) is 22.8. The number of anilines is 1. The summed E-state index contributed by atoms with van der Waals surface area (Å²) >= 11 is 0. The molecule has 0 radical (unpaired) electrons. The van der Waals surface area contributed by atoms with Crippen molar-refractivity contribution in [1.82, 2.24) is 24.5 Å². The van der Waals surface area contributed by atoms with Crippen molar-refractivity contribution >= 4 is 11.6 Å². The molecule has 0 spiro atoms. The Bertz CT molecular complexity index is 1160. The van der Waals surface area contributed by atoms with Gasteiger partial charge in [0.1, 0.15) is 11.8 Å². The first kappa shape index (κ1) is 21.6. The average Bonchev–Trinajstić information content (AvgIpc) is 3.16. The zero-order valence-corrected chi connectivity index (χ0v) is 18.9. The Kier molecular flexibility index (Phi) is 5.98. The van der Waals surface area contributed by atoms with Gasteiger partial charge in [-0.1, -0.05) is 0 Å². The Morgan fingerprint density at radius 3 is 2.28 bits per heavy atom. The van der Waals surface area contributed by atoms with Gasteiger partial charge in [-0.25, -0.2) is 9.36 Å². The fourth-order valence-electron chi connectivity index (χ4n) is 4.01. The third-order valence-corrected chi connectivity index (χ3v) is 5.79. The highest BCUT2D eigenvalue weighted by Crippen LogP contribution is 2.21. The number of methoxy groups -OCH3 is 1. The molecule has 2 aromatic heterocycles. The lowest BCUT2D eigenvalue weighted by Gasteiger charge is -2.37. The van der Waals surface area contributed by atoms with E-state index >= 15 is 0 Å². The highest BCUT2D eigenvalue weighted by atomic mass is 16.5. The number of benzene rings is 1. The van der Waals surface area contributed by atoms with Gasteiger partial charge in [-0.2, -0.15) is 5.10 Å². The van der Waals surface area contributed by atoms with Crippen molar-refractivity contribution in [2.24, 2.45) is 0 Å².